The van der Waals surface area contributed by atoms with Crippen molar-refractivity contribution in [2.45, 2.75) is 0 Å². The van der Waals surface area contributed by atoms with Gasteiger partial charge < -0.3 is 0 Å². The zero-order valence-electron chi connectivity index (χ0n) is 14.1. The molecule has 26 heavy (non-hydrogen) atoms. The first-order valence-electron chi connectivity index (χ1n) is 8.91. The van der Waals surface area contributed by atoms with Crippen LogP contribution in [0.2, 0.25) is 0 Å². The van der Waals surface area contributed by atoms with E-state index in [2.05, 4.69) is 84.9 Å². The number of hydrogen-bond acceptors (Lipinski definition) is 1. The van der Waals surface area contributed by atoms with Crippen LogP contribution in [0.5, 0.6) is 0 Å². The molecule has 0 atom stereocenters. The molecule has 0 aliphatic carbocycles. The van der Waals surface area contributed by atoms with Crippen LogP contribution in [0.1, 0.15) is 0 Å². The third-order valence-corrected chi connectivity index (χ3v) is 5.38. The zero-order chi connectivity index (χ0) is 17.1. The van der Waals surface area contributed by atoms with Crippen molar-refractivity contribution in [3.8, 4) is 0 Å². The fraction of sp³-hybridized carbons (Fsp3) is 0. The molecule has 1 aromatic heterocycles. The Morgan fingerprint density at radius 2 is 0.923 bits per heavy atom. The first-order valence-corrected chi connectivity index (χ1v) is 8.91. The summed E-state index contributed by atoms with van der Waals surface area (Å²) in [7, 11) is 0. The number of pyridine rings is 1. The van der Waals surface area contributed by atoms with Crippen LogP contribution in [0.25, 0.3) is 54.1 Å². The largest absolute Gasteiger partial charge is 0.248 e. The minimum atomic E-state index is 1.05. The van der Waals surface area contributed by atoms with Crippen LogP contribution in [0.3, 0.4) is 0 Å². The van der Waals surface area contributed by atoms with E-state index >= 15 is 0 Å². The highest BCUT2D eigenvalue weighted by atomic mass is 14.7. The summed E-state index contributed by atoms with van der Waals surface area (Å²) < 4.78 is 0. The van der Waals surface area contributed by atoms with Gasteiger partial charge >= 0.3 is 0 Å². The number of rotatable bonds is 0. The van der Waals surface area contributed by atoms with E-state index in [0.29, 0.717) is 0 Å². The lowest BCUT2D eigenvalue weighted by atomic mass is 9.93. The van der Waals surface area contributed by atoms with E-state index in [0.717, 1.165) is 11.0 Å². The van der Waals surface area contributed by atoms with Gasteiger partial charge in [0, 0.05) is 10.8 Å². The second kappa shape index (κ2) is 5.03. The highest BCUT2D eigenvalue weighted by molar-refractivity contribution is 6.27. The third-order valence-electron chi connectivity index (χ3n) is 5.38. The molecule has 120 valence electrons. The molecular formula is C25H15N. The van der Waals surface area contributed by atoms with Gasteiger partial charge in [0.05, 0.1) is 11.0 Å². The van der Waals surface area contributed by atoms with Gasteiger partial charge in [0.2, 0.25) is 0 Å². The van der Waals surface area contributed by atoms with Gasteiger partial charge in [-0.25, -0.2) is 4.98 Å². The van der Waals surface area contributed by atoms with Crippen molar-refractivity contribution in [1.29, 1.82) is 0 Å². The molecule has 0 fully saturated rings. The lowest BCUT2D eigenvalue weighted by Gasteiger charge is -2.11. The molecule has 0 amide bonds. The Morgan fingerprint density at radius 3 is 1.62 bits per heavy atom. The van der Waals surface area contributed by atoms with Gasteiger partial charge in [0.25, 0.3) is 0 Å². The Bertz CT molecular complexity index is 1360. The summed E-state index contributed by atoms with van der Waals surface area (Å²) in [6, 6.07) is 32.5. The van der Waals surface area contributed by atoms with Crippen molar-refractivity contribution < 1.29 is 0 Å². The fourth-order valence-electron chi connectivity index (χ4n) is 4.18. The van der Waals surface area contributed by atoms with Crippen LogP contribution in [0.4, 0.5) is 0 Å². The highest BCUT2D eigenvalue weighted by Crippen LogP contribution is 2.37. The van der Waals surface area contributed by atoms with E-state index in [4.69, 9.17) is 4.98 Å². The van der Waals surface area contributed by atoms with Gasteiger partial charge in [-0.2, -0.15) is 0 Å². The summed E-state index contributed by atoms with van der Waals surface area (Å²) in [5.74, 6) is 0. The number of hydrogen-bond donors (Lipinski definition) is 0. The first-order chi connectivity index (χ1) is 12.9. The second-order valence-corrected chi connectivity index (χ2v) is 6.86. The molecule has 0 saturated carbocycles. The molecule has 1 heteroatoms. The van der Waals surface area contributed by atoms with Crippen molar-refractivity contribution in [2.24, 2.45) is 0 Å². The molecule has 0 spiro atoms. The third kappa shape index (κ3) is 1.83. The highest BCUT2D eigenvalue weighted by Gasteiger charge is 2.10. The SMILES string of the molecule is c1ccc2nc3cc4c5ccccc5c5ccccc5c4cc3cc2c1. The van der Waals surface area contributed by atoms with Crippen molar-refractivity contribution in [1.82, 2.24) is 4.98 Å². The molecule has 0 radical (unpaired) electrons. The van der Waals surface area contributed by atoms with Crippen molar-refractivity contribution >= 4 is 54.1 Å². The molecule has 0 bridgehead atoms. The van der Waals surface area contributed by atoms with Gasteiger partial charge in [-0.05, 0) is 56.6 Å². The Morgan fingerprint density at radius 1 is 0.385 bits per heavy atom. The van der Waals surface area contributed by atoms with E-state index in [9.17, 15) is 0 Å². The summed E-state index contributed by atoms with van der Waals surface area (Å²) in [5, 5.41) is 10.1. The monoisotopic (exact) mass is 329 g/mol. The van der Waals surface area contributed by atoms with Crippen LogP contribution >= 0.6 is 0 Å². The van der Waals surface area contributed by atoms with Crippen LogP contribution in [0, 0.1) is 0 Å². The van der Waals surface area contributed by atoms with E-state index in [-0.39, 0.29) is 0 Å². The predicted octanol–water partition coefficient (Wildman–Crippen LogP) is 6.85. The predicted molar refractivity (Wildman–Crippen MR) is 112 cm³/mol. The average Bonchev–Trinajstić information content (AvgIpc) is 2.71. The molecule has 0 unspecified atom stereocenters. The summed E-state index contributed by atoms with van der Waals surface area (Å²) in [6.45, 7) is 0. The topological polar surface area (TPSA) is 12.9 Å². The molecular weight excluding hydrogens is 314 g/mol. The van der Waals surface area contributed by atoms with E-state index < -0.39 is 0 Å². The normalized spacial score (nSPS) is 11.8. The lowest BCUT2D eigenvalue weighted by molar-refractivity contribution is 1.51. The van der Waals surface area contributed by atoms with Crippen LogP contribution < -0.4 is 0 Å². The fourth-order valence-corrected chi connectivity index (χ4v) is 4.18. The van der Waals surface area contributed by atoms with Crippen LogP contribution in [0.15, 0.2) is 91.0 Å². The van der Waals surface area contributed by atoms with Crippen molar-refractivity contribution in [3.63, 3.8) is 0 Å². The van der Waals surface area contributed by atoms with E-state index in [1.54, 1.807) is 0 Å². The summed E-state index contributed by atoms with van der Waals surface area (Å²) >= 11 is 0. The number of nitrogens with zero attached hydrogens (tertiary/aromatic N) is 1. The number of aromatic nitrogens is 1. The maximum absolute atomic E-state index is 4.91. The lowest BCUT2D eigenvalue weighted by Crippen LogP contribution is -1.86. The van der Waals surface area contributed by atoms with E-state index in [1.165, 1.54) is 43.1 Å². The Kier molecular flexibility index (Phi) is 2.67. The summed E-state index contributed by atoms with van der Waals surface area (Å²) in [4.78, 5) is 4.91. The molecule has 0 aliphatic heterocycles. The maximum atomic E-state index is 4.91. The van der Waals surface area contributed by atoms with Gasteiger partial charge in [-0.3, -0.25) is 0 Å². The quantitative estimate of drug-likeness (QED) is 0.219. The van der Waals surface area contributed by atoms with Gasteiger partial charge in [-0.15, -0.1) is 0 Å². The standard InChI is InChI=1S/C25H15N/c1-6-12-24-16(7-1)13-17-14-22-20-10-4-2-8-18(20)19-9-3-5-11-21(19)23(22)15-25(17)26-24/h1-15H. The molecule has 6 rings (SSSR count). The van der Waals surface area contributed by atoms with Crippen molar-refractivity contribution in [3.05, 3.63) is 91.0 Å². The molecule has 0 aliphatic rings. The number of para-hydroxylation sites is 1. The Balaban J connectivity index is 1.91. The van der Waals surface area contributed by atoms with Crippen molar-refractivity contribution in [2.75, 3.05) is 0 Å². The number of fused-ring (bicyclic) bond motifs is 8. The Hall–Kier alpha value is -3.45. The first kappa shape index (κ1) is 13.8. The zero-order valence-corrected chi connectivity index (χ0v) is 14.1. The van der Waals surface area contributed by atoms with Gasteiger partial charge in [0.15, 0.2) is 0 Å². The van der Waals surface area contributed by atoms with Crippen LogP contribution in [-0.2, 0) is 0 Å². The molecule has 1 nitrogen and oxygen atoms in total. The smallest absolute Gasteiger partial charge is 0.0716 e. The van der Waals surface area contributed by atoms with Gasteiger partial charge in [-0.1, -0.05) is 66.7 Å². The molecule has 5 aromatic carbocycles. The summed E-state index contributed by atoms with van der Waals surface area (Å²) in [5.41, 5.74) is 2.10. The van der Waals surface area contributed by atoms with Gasteiger partial charge in [0.1, 0.15) is 0 Å². The molecule has 0 saturated heterocycles. The van der Waals surface area contributed by atoms with Crippen LogP contribution in [-0.4, -0.2) is 4.98 Å². The van der Waals surface area contributed by atoms with E-state index in [1.807, 2.05) is 6.07 Å². The molecule has 0 N–H and O–H groups in total. The number of benzene rings is 5. The minimum absolute atomic E-state index is 1.05. The average molecular weight is 329 g/mol. The summed E-state index contributed by atoms with van der Waals surface area (Å²) in [6.07, 6.45) is 0. The molecule has 6 aromatic rings. The second-order valence-electron chi connectivity index (χ2n) is 6.86. The molecule has 1 heterocycles. The maximum Gasteiger partial charge on any atom is 0.0716 e. The minimum Gasteiger partial charge on any atom is -0.248 e. The Labute approximate surface area is 150 Å².